The molecular weight excluding hydrogens is 336 g/mol. The van der Waals surface area contributed by atoms with Gasteiger partial charge in [0.25, 0.3) is 0 Å². The molecule has 0 fully saturated rings. The number of aromatic nitrogens is 2. The Kier molecular flexibility index (Phi) is 4.23. The third-order valence-electron chi connectivity index (χ3n) is 4.37. The third kappa shape index (κ3) is 3.46. The molecule has 5 nitrogen and oxygen atoms in total. The lowest BCUT2D eigenvalue weighted by atomic mass is 10.1. The fourth-order valence-electron chi connectivity index (χ4n) is 3.04. The lowest BCUT2D eigenvalue weighted by Gasteiger charge is -2.13. The molecule has 0 aliphatic heterocycles. The molecular formula is C22H18N4O. The van der Waals surface area contributed by atoms with Crippen molar-refractivity contribution in [2.45, 2.75) is 13.8 Å². The lowest BCUT2D eigenvalue weighted by Crippen LogP contribution is -1.98. The predicted octanol–water partition coefficient (Wildman–Crippen LogP) is 5.59. The molecule has 0 unspecified atom stereocenters. The van der Waals surface area contributed by atoms with Crippen LogP contribution in [-0.2, 0) is 0 Å². The van der Waals surface area contributed by atoms with Gasteiger partial charge in [0.05, 0.1) is 0 Å². The monoisotopic (exact) mass is 354 g/mol. The number of nitriles is 1. The maximum atomic E-state index is 9.34. The molecule has 2 aromatic carbocycles. The van der Waals surface area contributed by atoms with Gasteiger partial charge in [-0.1, -0.05) is 24.3 Å². The molecule has 0 saturated heterocycles. The largest absolute Gasteiger partial charge is 0.457 e. The topological polar surface area (TPSA) is 73.7 Å². The summed E-state index contributed by atoms with van der Waals surface area (Å²) in [4.78, 5) is 7.53. The smallest absolute Gasteiger partial charge is 0.146 e. The number of para-hydroxylation sites is 1. The summed E-state index contributed by atoms with van der Waals surface area (Å²) in [7, 11) is 0. The van der Waals surface area contributed by atoms with Gasteiger partial charge in [0, 0.05) is 29.5 Å². The SMILES string of the molecule is Cc1cccc(C)c1Oc1cc(C#N)nc(Nc2ccc3cc[nH]c3c2)c1. The van der Waals surface area contributed by atoms with Crippen molar-refractivity contribution in [3.8, 4) is 17.6 Å². The minimum absolute atomic E-state index is 0.294. The van der Waals surface area contributed by atoms with Crippen LogP contribution in [-0.4, -0.2) is 9.97 Å². The first-order valence-electron chi connectivity index (χ1n) is 8.63. The van der Waals surface area contributed by atoms with Crippen LogP contribution in [0.4, 0.5) is 11.5 Å². The second-order valence-electron chi connectivity index (χ2n) is 6.41. The number of nitrogens with zero attached hydrogens (tertiary/aromatic N) is 2. The fourth-order valence-corrected chi connectivity index (χ4v) is 3.04. The number of fused-ring (bicyclic) bond motifs is 1. The number of H-pyrrole nitrogens is 1. The van der Waals surface area contributed by atoms with Crippen LogP contribution in [0.1, 0.15) is 16.8 Å². The highest BCUT2D eigenvalue weighted by Gasteiger charge is 2.09. The maximum absolute atomic E-state index is 9.34. The fraction of sp³-hybridized carbons (Fsp3) is 0.0909. The van der Waals surface area contributed by atoms with Gasteiger partial charge in [-0.05, 0) is 48.6 Å². The Morgan fingerprint density at radius 2 is 1.85 bits per heavy atom. The number of nitrogens with one attached hydrogen (secondary N) is 2. The van der Waals surface area contributed by atoms with Crippen molar-refractivity contribution in [3.63, 3.8) is 0 Å². The van der Waals surface area contributed by atoms with Crippen LogP contribution in [0.5, 0.6) is 11.5 Å². The number of ether oxygens (including phenoxy) is 1. The molecule has 27 heavy (non-hydrogen) atoms. The van der Waals surface area contributed by atoms with Crippen LogP contribution in [0.2, 0.25) is 0 Å². The summed E-state index contributed by atoms with van der Waals surface area (Å²) in [6.07, 6.45) is 1.90. The lowest BCUT2D eigenvalue weighted by molar-refractivity contribution is 0.474. The quantitative estimate of drug-likeness (QED) is 0.501. The average molecular weight is 354 g/mol. The number of hydrogen-bond donors (Lipinski definition) is 2. The number of aryl methyl sites for hydroxylation is 2. The van der Waals surface area contributed by atoms with E-state index in [0.29, 0.717) is 17.3 Å². The van der Waals surface area contributed by atoms with Crippen LogP contribution < -0.4 is 10.1 Å². The van der Waals surface area contributed by atoms with Gasteiger partial charge >= 0.3 is 0 Å². The van der Waals surface area contributed by atoms with E-state index in [-0.39, 0.29) is 0 Å². The van der Waals surface area contributed by atoms with E-state index in [4.69, 9.17) is 4.74 Å². The van der Waals surface area contributed by atoms with Crippen LogP contribution in [0.15, 0.2) is 60.8 Å². The van der Waals surface area contributed by atoms with E-state index >= 15 is 0 Å². The Labute approximate surface area is 157 Å². The molecule has 0 spiro atoms. The molecule has 0 aliphatic rings. The first kappa shape index (κ1) is 16.7. The summed E-state index contributed by atoms with van der Waals surface area (Å²) in [5.74, 6) is 1.93. The number of benzene rings is 2. The standard InChI is InChI=1S/C22H18N4O/c1-14-4-3-5-15(2)22(14)27-19-10-18(13-23)26-21(12-19)25-17-7-6-16-8-9-24-20(16)11-17/h3-12,24H,1-2H3,(H,25,26). The first-order valence-corrected chi connectivity index (χ1v) is 8.63. The molecule has 132 valence electrons. The molecule has 2 N–H and O–H groups in total. The highest BCUT2D eigenvalue weighted by molar-refractivity contribution is 5.83. The van der Waals surface area contributed by atoms with Gasteiger partial charge in [0.1, 0.15) is 29.1 Å². The van der Waals surface area contributed by atoms with Crippen molar-refractivity contribution in [2.75, 3.05) is 5.32 Å². The zero-order chi connectivity index (χ0) is 18.8. The van der Waals surface area contributed by atoms with Crippen molar-refractivity contribution >= 4 is 22.4 Å². The number of anilines is 2. The van der Waals surface area contributed by atoms with Crippen molar-refractivity contribution in [1.29, 1.82) is 5.26 Å². The highest BCUT2D eigenvalue weighted by atomic mass is 16.5. The van der Waals surface area contributed by atoms with Gasteiger partial charge in [0.2, 0.25) is 0 Å². The third-order valence-corrected chi connectivity index (χ3v) is 4.37. The second-order valence-corrected chi connectivity index (χ2v) is 6.41. The Morgan fingerprint density at radius 1 is 1.04 bits per heavy atom. The summed E-state index contributed by atoms with van der Waals surface area (Å²) >= 11 is 0. The van der Waals surface area contributed by atoms with E-state index in [1.807, 2.05) is 62.5 Å². The van der Waals surface area contributed by atoms with Crippen LogP contribution in [0.25, 0.3) is 10.9 Å². The minimum atomic E-state index is 0.294. The zero-order valence-corrected chi connectivity index (χ0v) is 15.1. The molecule has 2 heterocycles. The van der Waals surface area contributed by atoms with E-state index in [1.54, 1.807) is 12.1 Å². The molecule has 0 bridgehead atoms. The molecule has 0 aliphatic carbocycles. The van der Waals surface area contributed by atoms with E-state index in [1.165, 1.54) is 0 Å². The Bertz CT molecular complexity index is 1150. The Morgan fingerprint density at radius 3 is 2.63 bits per heavy atom. The first-order chi connectivity index (χ1) is 13.1. The number of rotatable bonds is 4. The summed E-state index contributed by atoms with van der Waals surface area (Å²) < 4.78 is 6.08. The highest BCUT2D eigenvalue weighted by Crippen LogP contribution is 2.31. The van der Waals surface area contributed by atoms with Gasteiger partial charge < -0.3 is 15.0 Å². The molecule has 5 heteroatoms. The van der Waals surface area contributed by atoms with Crippen LogP contribution >= 0.6 is 0 Å². The molecule has 0 radical (unpaired) electrons. The second kappa shape index (κ2) is 6.85. The van der Waals surface area contributed by atoms with Crippen molar-refractivity contribution in [1.82, 2.24) is 9.97 Å². The summed E-state index contributed by atoms with van der Waals surface area (Å²) in [6.45, 7) is 4.00. The molecule has 4 rings (SSSR count). The molecule has 0 amide bonds. The van der Waals surface area contributed by atoms with Gasteiger partial charge in [0.15, 0.2) is 0 Å². The summed E-state index contributed by atoms with van der Waals surface area (Å²) in [6, 6.07) is 19.6. The summed E-state index contributed by atoms with van der Waals surface area (Å²) in [5, 5.41) is 13.7. The molecule has 0 saturated carbocycles. The van der Waals surface area contributed by atoms with E-state index < -0.39 is 0 Å². The van der Waals surface area contributed by atoms with Crippen molar-refractivity contribution < 1.29 is 4.74 Å². The van der Waals surface area contributed by atoms with E-state index in [0.717, 1.165) is 33.5 Å². The van der Waals surface area contributed by atoms with Gasteiger partial charge in [-0.15, -0.1) is 0 Å². The molecule has 0 atom stereocenters. The summed E-state index contributed by atoms with van der Waals surface area (Å²) in [5.41, 5.74) is 4.28. The van der Waals surface area contributed by atoms with Crippen LogP contribution in [0, 0.1) is 25.2 Å². The van der Waals surface area contributed by atoms with Gasteiger partial charge in [-0.25, -0.2) is 4.98 Å². The molecule has 2 aromatic heterocycles. The normalized spacial score (nSPS) is 10.6. The van der Waals surface area contributed by atoms with Gasteiger partial charge in [-0.2, -0.15) is 5.26 Å². The average Bonchev–Trinajstić information content (AvgIpc) is 3.12. The Balaban J connectivity index is 1.67. The van der Waals surface area contributed by atoms with Crippen molar-refractivity contribution in [2.24, 2.45) is 0 Å². The number of hydrogen-bond acceptors (Lipinski definition) is 4. The van der Waals surface area contributed by atoms with E-state index in [2.05, 4.69) is 21.4 Å². The minimum Gasteiger partial charge on any atom is -0.457 e. The maximum Gasteiger partial charge on any atom is 0.146 e. The zero-order valence-electron chi connectivity index (χ0n) is 15.1. The van der Waals surface area contributed by atoms with E-state index in [9.17, 15) is 5.26 Å². The predicted molar refractivity (Wildman–Crippen MR) is 107 cm³/mol. The van der Waals surface area contributed by atoms with Gasteiger partial charge in [-0.3, -0.25) is 0 Å². The number of aromatic amines is 1. The molecule has 4 aromatic rings. The van der Waals surface area contributed by atoms with Crippen LogP contribution in [0.3, 0.4) is 0 Å². The van der Waals surface area contributed by atoms with Crippen molar-refractivity contribution in [3.05, 3.63) is 77.6 Å². The number of pyridine rings is 1. The Hall–Kier alpha value is -3.78.